The molecule has 0 atom stereocenters. The lowest BCUT2D eigenvalue weighted by Crippen LogP contribution is -2.28. The van der Waals surface area contributed by atoms with Crippen molar-refractivity contribution in [2.75, 3.05) is 37.9 Å². The van der Waals surface area contributed by atoms with Crippen molar-refractivity contribution < 1.29 is 18.1 Å². The smallest absolute Gasteiger partial charge is 0.247 e. The Kier molecular flexibility index (Phi) is 7.95. The normalized spacial score (nSPS) is 28.0. The molecule has 2 fully saturated rings. The van der Waals surface area contributed by atoms with Gasteiger partial charge in [0.15, 0.2) is 0 Å². The second kappa shape index (κ2) is 8.72. The molecule has 140 valence electrons. The Morgan fingerprint density at radius 1 is 0.750 bits per heavy atom. The molecule has 0 saturated carbocycles. The molecule has 2 saturated heterocycles. The summed E-state index contributed by atoms with van der Waals surface area (Å²) < 4.78 is 23.2. The Morgan fingerprint density at radius 3 is 1.33 bits per heavy atom. The lowest BCUT2D eigenvalue weighted by Gasteiger charge is -2.35. The third-order valence-corrected chi connectivity index (χ3v) is 13.6. The molecule has 0 bridgehead atoms. The maximum atomic E-state index is 5.79. The molecule has 2 rings (SSSR count). The van der Waals surface area contributed by atoms with Crippen LogP contribution in [0, 0.1) is 10.8 Å². The SMILES string of the molecule is CC1(C)COP(=S)(SCC=CCSP2(=S)OCC(C)(C)CO2)OC1. The largest absolute Gasteiger partial charge is 0.321 e. The van der Waals surface area contributed by atoms with Gasteiger partial charge >= 0.3 is 0 Å². The van der Waals surface area contributed by atoms with Crippen LogP contribution in [0.2, 0.25) is 0 Å². The van der Waals surface area contributed by atoms with Gasteiger partial charge in [-0.15, -0.1) is 0 Å². The lowest BCUT2D eigenvalue weighted by molar-refractivity contribution is 0.0671. The average Bonchev–Trinajstić information content (AvgIpc) is 2.50. The summed E-state index contributed by atoms with van der Waals surface area (Å²) in [6, 6.07) is 0. The first-order chi connectivity index (χ1) is 11.0. The van der Waals surface area contributed by atoms with Crippen LogP contribution in [0.5, 0.6) is 0 Å². The first-order valence-electron chi connectivity index (χ1n) is 7.76. The number of hydrogen-bond acceptors (Lipinski definition) is 8. The Morgan fingerprint density at radius 2 is 1.04 bits per heavy atom. The summed E-state index contributed by atoms with van der Waals surface area (Å²) in [5.74, 6) is 1.58. The summed E-state index contributed by atoms with van der Waals surface area (Å²) in [6.07, 6.45) is 4.18. The third kappa shape index (κ3) is 7.30. The predicted molar refractivity (Wildman–Crippen MR) is 114 cm³/mol. The van der Waals surface area contributed by atoms with Crippen LogP contribution in [0.3, 0.4) is 0 Å². The monoisotopic (exact) mass is 448 g/mol. The third-order valence-electron chi connectivity index (χ3n) is 3.28. The molecule has 10 heteroatoms. The van der Waals surface area contributed by atoms with Gasteiger partial charge in [0.1, 0.15) is 0 Å². The molecule has 0 aliphatic carbocycles. The van der Waals surface area contributed by atoms with Crippen molar-refractivity contribution in [3.8, 4) is 0 Å². The van der Waals surface area contributed by atoms with Gasteiger partial charge in [0, 0.05) is 22.3 Å². The zero-order valence-electron chi connectivity index (χ0n) is 14.6. The molecule has 0 N–H and O–H groups in total. The van der Waals surface area contributed by atoms with E-state index in [9.17, 15) is 0 Å². The summed E-state index contributed by atoms with van der Waals surface area (Å²) in [6.45, 7) is 11.2. The van der Waals surface area contributed by atoms with Gasteiger partial charge in [-0.05, 0) is 23.6 Å². The van der Waals surface area contributed by atoms with Gasteiger partial charge in [-0.3, -0.25) is 0 Å². The van der Waals surface area contributed by atoms with Crippen LogP contribution in [0.1, 0.15) is 27.7 Å². The number of rotatable bonds is 6. The molecule has 2 heterocycles. The highest BCUT2D eigenvalue weighted by Gasteiger charge is 2.34. The van der Waals surface area contributed by atoms with Gasteiger partial charge in [0.2, 0.25) is 11.4 Å². The van der Waals surface area contributed by atoms with Gasteiger partial charge in [0.25, 0.3) is 0 Å². The molecular formula is C14H26O4P2S4. The summed E-state index contributed by atoms with van der Waals surface area (Å²) in [7, 11) is 0. The highest BCUT2D eigenvalue weighted by atomic mass is 32.9. The number of hydrogen-bond donors (Lipinski definition) is 0. The van der Waals surface area contributed by atoms with E-state index in [4.69, 9.17) is 41.7 Å². The lowest BCUT2D eigenvalue weighted by atomic mass is 9.97. The minimum absolute atomic E-state index is 0.0609. The molecule has 0 aromatic heterocycles. The fraction of sp³-hybridized carbons (Fsp3) is 0.857. The molecule has 0 aromatic rings. The van der Waals surface area contributed by atoms with E-state index in [-0.39, 0.29) is 10.8 Å². The van der Waals surface area contributed by atoms with Crippen LogP contribution >= 0.6 is 34.2 Å². The quantitative estimate of drug-likeness (QED) is 0.384. The fourth-order valence-corrected chi connectivity index (χ4v) is 9.88. The fourth-order valence-electron chi connectivity index (χ4n) is 1.73. The van der Waals surface area contributed by atoms with Crippen LogP contribution in [0.4, 0.5) is 0 Å². The van der Waals surface area contributed by atoms with E-state index in [1.165, 1.54) is 0 Å². The average molecular weight is 449 g/mol. The first kappa shape index (κ1) is 21.9. The second-order valence-electron chi connectivity index (χ2n) is 7.38. The van der Waals surface area contributed by atoms with Gasteiger partial charge in [0.05, 0.1) is 26.4 Å². The van der Waals surface area contributed by atoms with Gasteiger partial charge in [-0.1, -0.05) is 62.6 Å². The molecule has 0 aromatic carbocycles. The zero-order valence-corrected chi connectivity index (χ0v) is 19.6. The maximum absolute atomic E-state index is 5.79. The van der Waals surface area contributed by atoms with E-state index in [0.29, 0.717) is 26.4 Å². The standard InChI is InChI=1S/C14H26O4P2S4/c1-13(2)9-15-19(21,16-10-13)23-7-5-6-8-24-20(22)17-11-14(3,4)12-18-20/h5-6H,7-12H2,1-4H3. The van der Waals surface area contributed by atoms with Crippen molar-refractivity contribution in [2.24, 2.45) is 10.8 Å². The summed E-state index contributed by atoms with van der Waals surface area (Å²) in [4.78, 5) is 0. The van der Waals surface area contributed by atoms with Crippen molar-refractivity contribution in [3.05, 3.63) is 12.2 Å². The highest BCUT2D eigenvalue weighted by Crippen LogP contribution is 2.65. The molecule has 0 unspecified atom stereocenters. The van der Waals surface area contributed by atoms with Crippen molar-refractivity contribution in [3.63, 3.8) is 0 Å². The minimum atomic E-state index is -2.17. The van der Waals surface area contributed by atoms with E-state index in [2.05, 4.69) is 39.8 Å². The molecular weight excluding hydrogens is 422 g/mol. The molecule has 2 aliphatic rings. The van der Waals surface area contributed by atoms with Crippen LogP contribution < -0.4 is 0 Å². The molecule has 24 heavy (non-hydrogen) atoms. The first-order valence-corrected chi connectivity index (χ1v) is 16.2. The van der Waals surface area contributed by atoms with Crippen LogP contribution in [-0.4, -0.2) is 37.9 Å². The predicted octanol–water partition coefficient (Wildman–Crippen LogP) is 5.60. The van der Waals surface area contributed by atoms with E-state index in [1.54, 1.807) is 22.8 Å². The van der Waals surface area contributed by atoms with Crippen molar-refractivity contribution >= 4 is 57.8 Å². The van der Waals surface area contributed by atoms with Crippen molar-refractivity contribution in [2.45, 2.75) is 27.7 Å². The molecule has 0 spiro atoms. The van der Waals surface area contributed by atoms with E-state index in [0.717, 1.165) is 11.5 Å². The minimum Gasteiger partial charge on any atom is -0.321 e. The second-order valence-corrected chi connectivity index (χ2v) is 20.1. The topological polar surface area (TPSA) is 36.9 Å². The molecule has 4 nitrogen and oxygen atoms in total. The Balaban J connectivity index is 1.65. The van der Waals surface area contributed by atoms with Gasteiger partial charge < -0.3 is 18.1 Å². The van der Waals surface area contributed by atoms with E-state index < -0.39 is 11.4 Å². The van der Waals surface area contributed by atoms with Gasteiger partial charge in [-0.2, -0.15) is 0 Å². The Labute approximate surface area is 164 Å². The van der Waals surface area contributed by atoms with Crippen LogP contribution in [0.25, 0.3) is 0 Å². The van der Waals surface area contributed by atoms with E-state index >= 15 is 0 Å². The maximum Gasteiger partial charge on any atom is 0.247 e. The van der Waals surface area contributed by atoms with Crippen molar-refractivity contribution in [1.29, 1.82) is 0 Å². The molecule has 2 aliphatic heterocycles. The van der Waals surface area contributed by atoms with Gasteiger partial charge in [-0.25, -0.2) is 0 Å². The summed E-state index contributed by atoms with van der Waals surface area (Å²) in [5, 5.41) is 0. The Hall–Kier alpha value is 1.58. The summed E-state index contributed by atoms with van der Waals surface area (Å²) in [5.41, 5.74) is -4.21. The highest BCUT2D eigenvalue weighted by molar-refractivity contribution is 8.68. The molecule has 0 radical (unpaired) electrons. The summed E-state index contributed by atoms with van der Waals surface area (Å²) >= 11 is 14.2. The Bertz CT molecular complexity index is 489. The van der Waals surface area contributed by atoms with Crippen LogP contribution in [0.15, 0.2) is 12.2 Å². The van der Waals surface area contributed by atoms with Crippen LogP contribution in [-0.2, 0) is 41.7 Å². The van der Waals surface area contributed by atoms with Crippen molar-refractivity contribution in [1.82, 2.24) is 0 Å². The van der Waals surface area contributed by atoms with E-state index in [1.807, 2.05) is 0 Å². The zero-order chi connectivity index (χ0) is 17.9. The molecule has 0 amide bonds.